The van der Waals surface area contributed by atoms with Gasteiger partial charge >= 0.3 is 85.8 Å². The predicted octanol–water partition coefficient (Wildman–Crippen LogP) is 3.86. The Hall–Kier alpha value is 0.558. The first-order valence-corrected chi connectivity index (χ1v) is 6.66. The van der Waals surface area contributed by atoms with Crippen molar-refractivity contribution in [2.45, 2.75) is 68.9 Å². The molecule has 1 aliphatic rings. The number of rotatable bonds is 0. The number of hydrogen-bond donors (Lipinski definition) is 0. The Kier molecular flexibility index (Phi) is 6.21. The Morgan fingerprint density at radius 1 is 0.583 bits per heavy atom. The van der Waals surface area contributed by atoms with Crippen molar-refractivity contribution in [2.75, 3.05) is 0 Å². The van der Waals surface area contributed by atoms with Crippen LogP contribution in [0.25, 0.3) is 0 Å². The van der Waals surface area contributed by atoms with Crippen molar-refractivity contribution < 1.29 is 0 Å². The second kappa shape index (κ2) is 7.01. The molecule has 2 radical (unpaired) electrons. The van der Waals surface area contributed by atoms with Crippen molar-refractivity contribution in [1.29, 1.82) is 0 Å². The van der Waals surface area contributed by atoms with Crippen LogP contribution in [0.5, 0.6) is 0 Å². The SMILES string of the molecule is [As]C1CCCCCCCCCC1. The van der Waals surface area contributed by atoms with E-state index in [1.165, 1.54) is 64.2 Å². The minimum absolute atomic E-state index is 0.940. The quantitative estimate of drug-likeness (QED) is 0.552. The van der Waals surface area contributed by atoms with E-state index >= 15 is 0 Å². The summed E-state index contributed by atoms with van der Waals surface area (Å²) in [6.45, 7) is 0. The van der Waals surface area contributed by atoms with Gasteiger partial charge in [0, 0.05) is 0 Å². The van der Waals surface area contributed by atoms with Crippen LogP contribution in [0.4, 0.5) is 0 Å². The molecule has 0 aromatic rings. The summed E-state index contributed by atoms with van der Waals surface area (Å²) in [4.78, 5) is 0. The van der Waals surface area contributed by atoms with E-state index in [-0.39, 0.29) is 0 Å². The molecule has 1 heteroatoms. The molecule has 70 valence electrons. The van der Waals surface area contributed by atoms with Gasteiger partial charge in [-0.25, -0.2) is 0 Å². The van der Waals surface area contributed by atoms with Crippen LogP contribution < -0.4 is 0 Å². The third kappa shape index (κ3) is 5.25. The zero-order valence-corrected chi connectivity index (χ0v) is 9.97. The van der Waals surface area contributed by atoms with Crippen LogP contribution in [0.15, 0.2) is 0 Å². The van der Waals surface area contributed by atoms with Gasteiger partial charge in [-0.2, -0.15) is 0 Å². The van der Waals surface area contributed by atoms with Crippen LogP contribution >= 0.6 is 0 Å². The molecule has 0 spiro atoms. The third-order valence-electron chi connectivity index (χ3n) is 2.82. The molecule has 0 aromatic heterocycles. The maximum absolute atomic E-state index is 2.87. The Labute approximate surface area is 86.0 Å². The molecule has 0 heterocycles. The Morgan fingerprint density at radius 3 is 1.33 bits per heavy atom. The Morgan fingerprint density at radius 2 is 0.917 bits per heavy atom. The minimum atomic E-state index is 0.940. The molecule has 0 saturated heterocycles. The molecule has 0 nitrogen and oxygen atoms in total. The summed E-state index contributed by atoms with van der Waals surface area (Å²) in [5.74, 6) is 0. The fourth-order valence-corrected chi connectivity index (χ4v) is 2.73. The van der Waals surface area contributed by atoms with Crippen molar-refractivity contribution in [1.82, 2.24) is 0 Å². The first-order valence-electron chi connectivity index (χ1n) is 5.57. The van der Waals surface area contributed by atoms with Gasteiger partial charge in [-0.3, -0.25) is 0 Å². The zero-order chi connectivity index (χ0) is 8.65. The van der Waals surface area contributed by atoms with E-state index in [2.05, 4.69) is 16.9 Å². The van der Waals surface area contributed by atoms with Gasteiger partial charge in [-0.1, -0.05) is 0 Å². The van der Waals surface area contributed by atoms with E-state index < -0.39 is 0 Å². The molecule has 0 aromatic carbocycles. The zero-order valence-electron chi connectivity index (χ0n) is 8.10. The molecule has 1 saturated carbocycles. The van der Waals surface area contributed by atoms with Gasteiger partial charge in [-0.15, -0.1) is 0 Å². The average Bonchev–Trinajstić information content (AvgIpc) is 2.11. The van der Waals surface area contributed by atoms with Crippen molar-refractivity contribution >= 4 is 16.9 Å². The molecule has 0 amide bonds. The Balaban J connectivity index is 2.13. The molecule has 1 rings (SSSR count). The second-order valence-corrected chi connectivity index (χ2v) is 5.59. The van der Waals surface area contributed by atoms with Gasteiger partial charge in [0.1, 0.15) is 0 Å². The summed E-state index contributed by atoms with van der Waals surface area (Å²) in [7, 11) is 0. The summed E-state index contributed by atoms with van der Waals surface area (Å²) < 4.78 is 0.940. The molecule has 0 atom stereocenters. The van der Waals surface area contributed by atoms with Gasteiger partial charge in [0.25, 0.3) is 0 Å². The van der Waals surface area contributed by atoms with Crippen LogP contribution in [-0.2, 0) is 0 Å². The topological polar surface area (TPSA) is 0 Å². The molecule has 0 bridgehead atoms. The van der Waals surface area contributed by atoms with E-state index in [0.29, 0.717) is 0 Å². The van der Waals surface area contributed by atoms with Crippen LogP contribution in [0.1, 0.15) is 64.2 Å². The van der Waals surface area contributed by atoms with E-state index in [0.717, 1.165) is 4.71 Å². The van der Waals surface area contributed by atoms with Crippen LogP contribution in [0.2, 0.25) is 4.71 Å². The summed E-state index contributed by atoms with van der Waals surface area (Å²) in [5.41, 5.74) is 0. The molecule has 0 N–H and O–H groups in total. The average molecular weight is 228 g/mol. The molecule has 1 aliphatic carbocycles. The fraction of sp³-hybridized carbons (Fsp3) is 1.00. The fourth-order valence-electron chi connectivity index (χ4n) is 1.96. The number of hydrogen-bond acceptors (Lipinski definition) is 0. The first-order chi connectivity index (χ1) is 5.89. The van der Waals surface area contributed by atoms with Gasteiger partial charge in [-0.05, 0) is 0 Å². The summed E-state index contributed by atoms with van der Waals surface area (Å²) in [6.07, 6.45) is 14.8. The molecule has 12 heavy (non-hydrogen) atoms. The maximum atomic E-state index is 2.87. The van der Waals surface area contributed by atoms with Crippen molar-refractivity contribution in [2.24, 2.45) is 0 Å². The normalized spacial score (nSPS) is 24.8. The molecule has 0 aliphatic heterocycles. The van der Waals surface area contributed by atoms with E-state index in [4.69, 9.17) is 0 Å². The molecular formula is C11H21As. The third-order valence-corrected chi connectivity index (χ3v) is 3.91. The second-order valence-electron chi connectivity index (χ2n) is 4.06. The van der Waals surface area contributed by atoms with Gasteiger partial charge < -0.3 is 0 Å². The monoisotopic (exact) mass is 228 g/mol. The summed E-state index contributed by atoms with van der Waals surface area (Å²) in [5, 5.41) is 0. The molecular weight excluding hydrogens is 207 g/mol. The van der Waals surface area contributed by atoms with Crippen LogP contribution in [-0.4, -0.2) is 16.9 Å². The van der Waals surface area contributed by atoms with Crippen LogP contribution in [0.3, 0.4) is 0 Å². The first kappa shape index (κ1) is 10.6. The summed E-state index contributed by atoms with van der Waals surface area (Å²) in [6, 6.07) is 0. The van der Waals surface area contributed by atoms with Gasteiger partial charge in [0.15, 0.2) is 0 Å². The van der Waals surface area contributed by atoms with E-state index in [9.17, 15) is 0 Å². The molecule has 0 unspecified atom stereocenters. The Bertz CT molecular complexity index is 89.2. The van der Waals surface area contributed by atoms with Gasteiger partial charge in [0.05, 0.1) is 0 Å². The van der Waals surface area contributed by atoms with E-state index in [1.807, 2.05) is 0 Å². The van der Waals surface area contributed by atoms with Crippen molar-refractivity contribution in [3.8, 4) is 0 Å². The van der Waals surface area contributed by atoms with Crippen molar-refractivity contribution in [3.05, 3.63) is 0 Å². The van der Waals surface area contributed by atoms with Gasteiger partial charge in [0.2, 0.25) is 0 Å². The summed E-state index contributed by atoms with van der Waals surface area (Å²) >= 11 is 2.87. The van der Waals surface area contributed by atoms with Crippen molar-refractivity contribution in [3.63, 3.8) is 0 Å². The van der Waals surface area contributed by atoms with Crippen LogP contribution in [0, 0.1) is 0 Å². The van der Waals surface area contributed by atoms with E-state index in [1.54, 1.807) is 0 Å². The molecule has 1 fully saturated rings. The standard InChI is InChI=1S/C11H21As/c12-11-9-7-5-3-1-2-4-6-8-10-11/h11H,1-10H2. The predicted molar refractivity (Wildman–Crippen MR) is 55.7 cm³/mol.